The third kappa shape index (κ3) is 3.62. The van der Waals surface area contributed by atoms with Gasteiger partial charge in [-0.15, -0.1) is 0 Å². The molecular weight excluding hydrogens is 352 g/mol. The van der Waals surface area contributed by atoms with Gasteiger partial charge in [-0.2, -0.15) is 0 Å². The third-order valence-electron chi connectivity index (χ3n) is 4.06. The maximum Gasteiger partial charge on any atom is 0.319 e. The maximum absolute atomic E-state index is 12.1. The summed E-state index contributed by atoms with van der Waals surface area (Å²) in [4.78, 5) is 18.7. The molecule has 0 saturated carbocycles. The average molecular weight is 372 g/mol. The number of carboxylic acid groups (broad SMARTS) is 1. The van der Waals surface area contributed by atoms with E-state index in [-0.39, 0.29) is 10.3 Å². The van der Waals surface area contributed by atoms with Crippen molar-refractivity contribution in [3.63, 3.8) is 0 Å². The van der Waals surface area contributed by atoms with Crippen LogP contribution >= 0.6 is 0 Å². The highest BCUT2D eigenvalue weighted by Gasteiger charge is 2.20. The van der Waals surface area contributed by atoms with Crippen molar-refractivity contribution in [1.82, 2.24) is 9.97 Å². The second-order valence-electron chi connectivity index (χ2n) is 7.24. The Morgan fingerprint density at radius 1 is 1.15 bits per heavy atom. The minimum atomic E-state index is -3.86. The SMILES string of the molecule is CC(C)(C)c1cccc(-c2cc3cc(S(=O)(=O)CC(=O)O)ccc3[nH]2)n1. The Morgan fingerprint density at radius 3 is 2.54 bits per heavy atom. The first kappa shape index (κ1) is 18.1. The minimum Gasteiger partial charge on any atom is -0.480 e. The molecule has 0 bridgehead atoms. The lowest BCUT2D eigenvalue weighted by Gasteiger charge is -2.18. The molecule has 2 N–H and O–H groups in total. The molecule has 1 aromatic carbocycles. The minimum absolute atomic E-state index is 0.00523. The van der Waals surface area contributed by atoms with E-state index in [1.807, 2.05) is 24.3 Å². The van der Waals surface area contributed by atoms with Gasteiger partial charge in [0.1, 0.15) is 0 Å². The molecule has 136 valence electrons. The second-order valence-corrected chi connectivity index (χ2v) is 9.23. The number of sulfone groups is 1. The Kier molecular flexibility index (Phi) is 4.36. The molecule has 0 saturated heterocycles. The Hall–Kier alpha value is -2.67. The van der Waals surface area contributed by atoms with E-state index in [0.717, 1.165) is 22.6 Å². The van der Waals surface area contributed by atoms with Gasteiger partial charge < -0.3 is 10.1 Å². The number of pyridine rings is 1. The van der Waals surface area contributed by atoms with E-state index in [0.29, 0.717) is 5.39 Å². The van der Waals surface area contributed by atoms with Crippen molar-refractivity contribution < 1.29 is 18.3 Å². The van der Waals surface area contributed by atoms with Gasteiger partial charge >= 0.3 is 5.97 Å². The zero-order valence-electron chi connectivity index (χ0n) is 14.8. The molecule has 0 atom stereocenters. The fraction of sp³-hybridized carbons (Fsp3) is 0.263. The molecule has 0 fully saturated rings. The smallest absolute Gasteiger partial charge is 0.319 e. The van der Waals surface area contributed by atoms with Crippen LogP contribution in [-0.2, 0) is 20.0 Å². The van der Waals surface area contributed by atoms with E-state index in [1.165, 1.54) is 12.1 Å². The van der Waals surface area contributed by atoms with E-state index in [1.54, 1.807) is 6.07 Å². The number of carboxylic acids is 1. The number of nitrogens with zero attached hydrogens (tertiary/aromatic N) is 1. The number of hydrogen-bond donors (Lipinski definition) is 2. The third-order valence-corrected chi connectivity index (χ3v) is 5.66. The second kappa shape index (κ2) is 6.25. The van der Waals surface area contributed by atoms with Crippen molar-refractivity contribution in [3.05, 3.63) is 48.2 Å². The first-order valence-corrected chi connectivity index (χ1v) is 9.77. The number of fused-ring (bicyclic) bond motifs is 1. The Labute approximate surface area is 151 Å². The molecule has 0 amide bonds. The predicted octanol–water partition coefficient (Wildman–Crippen LogP) is 3.39. The molecule has 0 radical (unpaired) electrons. The van der Waals surface area contributed by atoms with E-state index in [4.69, 9.17) is 10.1 Å². The number of aromatic amines is 1. The van der Waals surface area contributed by atoms with Crippen molar-refractivity contribution in [2.45, 2.75) is 31.1 Å². The van der Waals surface area contributed by atoms with Crippen LogP contribution in [0.4, 0.5) is 0 Å². The van der Waals surface area contributed by atoms with E-state index in [2.05, 4.69) is 25.8 Å². The van der Waals surface area contributed by atoms with Crippen LogP contribution in [0.2, 0.25) is 0 Å². The van der Waals surface area contributed by atoms with Gasteiger partial charge in [0, 0.05) is 22.0 Å². The number of aliphatic carboxylic acids is 1. The normalized spacial score (nSPS) is 12.4. The van der Waals surface area contributed by atoms with Crippen LogP contribution in [-0.4, -0.2) is 35.2 Å². The first-order chi connectivity index (χ1) is 12.1. The van der Waals surface area contributed by atoms with Crippen LogP contribution in [0.3, 0.4) is 0 Å². The first-order valence-electron chi connectivity index (χ1n) is 8.11. The summed E-state index contributed by atoms with van der Waals surface area (Å²) in [5.41, 5.74) is 3.18. The standard InChI is InChI=1S/C19H20N2O4S/c1-19(2,3)17-6-4-5-15(21-17)16-10-12-9-13(7-8-14(12)20-16)26(24,25)11-18(22)23/h4-10,20H,11H2,1-3H3,(H,22,23). The van der Waals surface area contributed by atoms with Gasteiger partial charge in [-0.25, -0.2) is 8.42 Å². The number of carbonyl (C=O) groups is 1. The highest BCUT2D eigenvalue weighted by Crippen LogP contribution is 2.27. The van der Waals surface area contributed by atoms with Gasteiger partial charge in [0.15, 0.2) is 15.6 Å². The van der Waals surface area contributed by atoms with Crippen LogP contribution in [0, 0.1) is 0 Å². The summed E-state index contributed by atoms with van der Waals surface area (Å²) in [6.45, 7) is 6.26. The molecule has 7 heteroatoms. The zero-order valence-corrected chi connectivity index (χ0v) is 15.6. The predicted molar refractivity (Wildman–Crippen MR) is 99.9 cm³/mol. The maximum atomic E-state index is 12.1. The molecule has 6 nitrogen and oxygen atoms in total. The summed E-state index contributed by atoms with van der Waals surface area (Å²) in [6, 6.07) is 12.2. The number of nitrogens with one attached hydrogen (secondary N) is 1. The van der Waals surface area contributed by atoms with Crippen LogP contribution < -0.4 is 0 Å². The van der Waals surface area contributed by atoms with Crippen LogP contribution in [0.1, 0.15) is 26.5 Å². The number of aromatic nitrogens is 2. The number of hydrogen-bond acceptors (Lipinski definition) is 4. The lowest BCUT2D eigenvalue weighted by atomic mass is 9.91. The Balaban J connectivity index is 2.05. The number of H-pyrrole nitrogens is 1. The molecule has 0 aliphatic carbocycles. The van der Waals surface area contributed by atoms with Gasteiger partial charge in [-0.3, -0.25) is 9.78 Å². The van der Waals surface area contributed by atoms with Gasteiger partial charge in [-0.05, 0) is 36.4 Å². The van der Waals surface area contributed by atoms with Gasteiger partial charge in [0.2, 0.25) is 0 Å². The summed E-state index contributed by atoms with van der Waals surface area (Å²) >= 11 is 0. The lowest BCUT2D eigenvalue weighted by Crippen LogP contribution is -2.15. The van der Waals surface area contributed by atoms with Gasteiger partial charge in [-0.1, -0.05) is 26.8 Å². The molecule has 2 aromatic heterocycles. The zero-order chi connectivity index (χ0) is 19.1. The van der Waals surface area contributed by atoms with Gasteiger partial charge in [0.25, 0.3) is 0 Å². The van der Waals surface area contributed by atoms with Crippen molar-refractivity contribution in [1.29, 1.82) is 0 Å². The highest BCUT2D eigenvalue weighted by atomic mass is 32.2. The van der Waals surface area contributed by atoms with Crippen LogP contribution in [0.5, 0.6) is 0 Å². The topological polar surface area (TPSA) is 100 Å². The van der Waals surface area contributed by atoms with E-state index in [9.17, 15) is 13.2 Å². The molecule has 3 aromatic rings. The summed E-state index contributed by atoms with van der Waals surface area (Å²) in [5.74, 6) is -2.30. The summed E-state index contributed by atoms with van der Waals surface area (Å²) in [7, 11) is -3.86. The fourth-order valence-electron chi connectivity index (χ4n) is 2.69. The molecule has 2 heterocycles. The molecule has 0 spiro atoms. The average Bonchev–Trinajstić information content (AvgIpc) is 2.96. The van der Waals surface area contributed by atoms with Crippen LogP contribution in [0.15, 0.2) is 47.4 Å². The summed E-state index contributed by atoms with van der Waals surface area (Å²) < 4.78 is 24.2. The lowest BCUT2D eigenvalue weighted by molar-refractivity contribution is -0.134. The van der Waals surface area contributed by atoms with E-state index < -0.39 is 21.6 Å². The van der Waals surface area contributed by atoms with Crippen molar-refractivity contribution in [2.24, 2.45) is 0 Å². The summed E-state index contributed by atoms with van der Waals surface area (Å²) in [6.07, 6.45) is 0. The summed E-state index contributed by atoms with van der Waals surface area (Å²) in [5, 5.41) is 9.46. The van der Waals surface area contributed by atoms with Crippen LogP contribution in [0.25, 0.3) is 22.3 Å². The molecule has 26 heavy (non-hydrogen) atoms. The van der Waals surface area contributed by atoms with Crippen molar-refractivity contribution in [3.8, 4) is 11.4 Å². The van der Waals surface area contributed by atoms with Gasteiger partial charge in [0.05, 0.1) is 16.3 Å². The quantitative estimate of drug-likeness (QED) is 0.731. The Morgan fingerprint density at radius 2 is 1.88 bits per heavy atom. The number of rotatable bonds is 4. The molecule has 0 unspecified atom stereocenters. The highest BCUT2D eigenvalue weighted by molar-refractivity contribution is 7.92. The van der Waals surface area contributed by atoms with Crippen molar-refractivity contribution in [2.75, 3.05) is 5.75 Å². The molecule has 0 aliphatic heterocycles. The van der Waals surface area contributed by atoms with Crippen molar-refractivity contribution >= 4 is 26.7 Å². The fourth-order valence-corrected chi connectivity index (χ4v) is 3.76. The molecular formula is C19H20N2O4S. The largest absolute Gasteiger partial charge is 0.480 e. The molecule has 3 rings (SSSR count). The Bertz CT molecular complexity index is 1090. The number of benzene rings is 1. The molecule has 0 aliphatic rings. The monoisotopic (exact) mass is 372 g/mol. The van der Waals surface area contributed by atoms with E-state index >= 15 is 0 Å².